The van der Waals surface area contributed by atoms with Crippen molar-refractivity contribution in [3.63, 3.8) is 0 Å². The quantitative estimate of drug-likeness (QED) is 0.437. The van der Waals surface area contributed by atoms with Gasteiger partial charge in [0.2, 0.25) is 0 Å². The van der Waals surface area contributed by atoms with Crippen LogP contribution in [0.25, 0.3) is 0 Å². The molecule has 134 valence electrons. The van der Waals surface area contributed by atoms with Crippen molar-refractivity contribution in [1.82, 2.24) is 0 Å². The van der Waals surface area contributed by atoms with E-state index in [1.807, 2.05) is 13.0 Å². The number of allylic oxidation sites excluding steroid dienone is 3. The van der Waals surface area contributed by atoms with Gasteiger partial charge in [0.15, 0.2) is 5.78 Å². The normalized spacial score (nSPS) is 32.1. The average molecular weight is 344 g/mol. The second kappa shape index (κ2) is 7.64. The van der Waals surface area contributed by atoms with E-state index in [1.165, 1.54) is 0 Å². The molecule has 2 aliphatic rings. The minimum absolute atomic E-state index is 0.0214. The molecule has 5 nitrogen and oxygen atoms in total. The number of hydrogen-bond acceptors (Lipinski definition) is 5. The summed E-state index contributed by atoms with van der Waals surface area (Å²) in [4.78, 5) is 36.4. The van der Waals surface area contributed by atoms with Gasteiger partial charge in [-0.15, -0.1) is 0 Å². The Morgan fingerprint density at radius 3 is 2.68 bits per heavy atom. The summed E-state index contributed by atoms with van der Waals surface area (Å²) in [6.45, 7) is 10.8. The molecule has 0 amide bonds. The van der Waals surface area contributed by atoms with Gasteiger partial charge in [-0.3, -0.25) is 4.79 Å². The highest BCUT2D eigenvalue weighted by Gasteiger charge is 2.44. The van der Waals surface area contributed by atoms with Crippen LogP contribution in [0, 0.1) is 5.92 Å². The van der Waals surface area contributed by atoms with Crippen LogP contribution in [-0.4, -0.2) is 29.9 Å². The SMILES string of the molecule is C=C1C(=O)O[C@@H]2/C=C(/C)C(=O)C/C=C(\C)C[C@H](OC(=O)/C(C)=C/C)[C@@H]12. The first-order valence-electron chi connectivity index (χ1n) is 8.35. The predicted octanol–water partition coefficient (Wildman–Crippen LogP) is 3.22. The number of carbonyl (C=O) groups is 3. The maximum atomic E-state index is 12.3. The van der Waals surface area contributed by atoms with Gasteiger partial charge in [0, 0.05) is 24.0 Å². The highest BCUT2D eigenvalue weighted by atomic mass is 16.6. The van der Waals surface area contributed by atoms with Crippen molar-refractivity contribution >= 4 is 17.7 Å². The largest absolute Gasteiger partial charge is 0.458 e. The van der Waals surface area contributed by atoms with Crippen LogP contribution in [0.4, 0.5) is 0 Å². The Hall–Kier alpha value is -2.43. The van der Waals surface area contributed by atoms with Gasteiger partial charge in [-0.2, -0.15) is 0 Å². The first-order valence-corrected chi connectivity index (χ1v) is 8.35. The van der Waals surface area contributed by atoms with Crippen LogP contribution in [-0.2, 0) is 23.9 Å². The molecule has 1 aliphatic heterocycles. The lowest BCUT2D eigenvalue weighted by molar-refractivity contribution is -0.147. The molecule has 0 saturated carbocycles. The van der Waals surface area contributed by atoms with E-state index in [9.17, 15) is 14.4 Å². The van der Waals surface area contributed by atoms with E-state index in [2.05, 4.69) is 6.58 Å². The first kappa shape index (κ1) is 18.9. The molecule has 0 aromatic heterocycles. The summed E-state index contributed by atoms with van der Waals surface area (Å²) in [7, 11) is 0. The van der Waals surface area contributed by atoms with Crippen LogP contribution in [0.2, 0.25) is 0 Å². The number of Topliss-reactive ketones (excluding diaryl/α,β-unsaturated/α-hetero) is 1. The van der Waals surface area contributed by atoms with Gasteiger partial charge in [0.1, 0.15) is 12.2 Å². The minimum Gasteiger partial charge on any atom is -0.458 e. The molecule has 2 rings (SSSR count). The zero-order chi connectivity index (χ0) is 18.7. The summed E-state index contributed by atoms with van der Waals surface area (Å²) in [5.74, 6) is -1.48. The van der Waals surface area contributed by atoms with Crippen molar-refractivity contribution in [3.8, 4) is 0 Å². The van der Waals surface area contributed by atoms with Crippen LogP contribution in [0.3, 0.4) is 0 Å². The maximum Gasteiger partial charge on any atom is 0.334 e. The Morgan fingerprint density at radius 2 is 2.04 bits per heavy atom. The minimum atomic E-state index is -0.654. The van der Waals surface area contributed by atoms with Crippen molar-refractivity contribution in [1.29, 1.82) is 0 Å². The number of carbonyl (C=O) groups excluding carboxylic acids is 3. The maximum absolute atomic E-state index is 12.3. The molecule has 0 radical (unpaired) electrons. The van der Waals surface area contributed by atoms with Crippen LogP contribution in [0.1, 0.15) is 40.5 Å². The lowest BCUT2D eigenvalue weighted by atomic mass is 9.85. The molecule has 1 fully saturated rings. The van der Waals surface area contributed by atoms with Crippen molar-refractivity contribution in [2.45, 2.75) is 52.7 Å². The van der Waals surface area contributed by atoms with E-state index in [1.54, 1.807) is 32.9 Å². The standard InChI is InChI=1S/C20H24O5/c1-6-12(3)19(22)24-16-9-11(2)7-8-15(21)13(4)10-17-18(16)14(5)20(23)25-17/h6-7,10,16-18H,5,8-9H2,1-4H3/b11-7+,12-6+,13-10-/t16-,17+,18+/m0/s1. The van der Waals surface area contributed by atoms with Gasteiger partial charge in [-0.05, 0) is 39.3 Å². The van der Waals surface area contributed by atoms with E-state index < -0.39 is 30.1 Å². The molecule has 0 spiro atoms. The van der Waals surface area contributed by atoms with E-state index in [4.69, 9.17) is 9.47 Å². The lowest BCUT2D eigenvalue weighted by Gasteiger charge is -2.27. The molecular weight excluding hydrogens is 320 g/mol. The third-order valence-electron chi connectivity index (χ3n) is 4.69. The summed E-state index contributed by atoms with van der Waals surface area (Å²) in [5, 5.41) is 0. The molecule has 1 aliphatic carbocycles. The number of hydrogen-bond donors (Lipinski definition) is 0. The molecular formula is C20H24O5. The fourth-order valence-corrected chi connectivity index (χ4v) is 2.94. The Kier molecular flexibility index (Phi) is 5.77. The fourth-order valence-electron chi connectivity index (χ4n) is 2.94. The van der Waals surface area contributed by atoms with Crippen molar-refractivity contribution < 1.29 is 23.9 Å². The van der Waals surface area contributed by atoms with Crippen molar-refractivity contribution in [2.24, 2.45) is 5.92 Å². The molecule has 3 atom stereocenters. The highest BCUT2D eigenvalue weighted by molar-refractivity contribution is 5.96. The van der Waals surface area contributed by atoms with Gasteiger partial charge in [0.05, 0.1) is 5.92 Å². The summed E-state index contributed by atoms with van der Waals surface area (Å²) in [6.07, 6.45) is 4.61. The molecule has 5 heteroatoms. The number of rotatable bonds is 2. The summed E-state index contributed by atoms with van der Waals surface area (Å²) in [5.41, 5.74) is 2.21. The molecule has 1 heterocycles. The molecule has 0 aromatic rings. The fraction of sp³-hybridized carbons (Fsp3) is 0.450. The smallest absolute Gasteiger partial charge is 0.334 e. The van der Waals surface area contributed by atoms with Crippen LogP contribution < -0.4 is 0 Å². The molecule has 0 aromatic carbocycles. The van der Waals surface area contributed by atoms with E-state index >= 15 is 0 Å². The zero-order valence-corrected chi connectivity index (χ0v) is 15.1. The number of fused-ring (bicyclic) bond motifs is 1. The molecule has 25 heavy (non-hydrogen) atoms. The van der Waals surface area contributed by atoms with Crippen LogP contribution >= 0.6 is 0 Å². The average Bonchev–Trinajstić information content (AvgIpc) is 2.84. The molecule has 0 unspecified atom stereocenters. The molecule has 0 bridgehead atoms. The third-order valence-corrected chi connectivity index (χ3v) is 4.69. The molecule has 1 saturated heterocycles. The summed E-state index contributed by atoms with van der Waals surface area (Å²) < 4.78 is 11.1. The van der Waals surface area contributed by atoms with E-state index in [-0.39, 0.29) is 17.8 Å². The second-order valence-corrected chi connectivity index (χ2v) is 6.57. The monoisotopic (exact) mass is 344 g/mol. The third kappa shape index (κ3) is 4.16. The lowest BCUT2D eigenvalue weighted by Crippen LogP contribution is -2.33. The Labute approximate surface area is 148 Å². The Balaban J connectivity index is 2.44. The van der Waals surface area contributed by atoms with Crippen molar-refractivity contribution in [2.75, 3.05) is 0 Å². The Morgan fingerprint density at radius 1 is 1.36 bits per heavy atom. The van der Waals surface area contributed by atoms with Gasteiger partial charge in [0.25, 0.3) is 0 Å². The predicted molar refractivity (Wildman–Crippen MR) is 93.6 cm³/mol. The number of esters is 2. The van der Waals surface area contributed by atoms with Gasteiger partial charge in [-0.25, -0.2) is 9.59 Å². The zero-order valence-electron chi connectivity index (χ0n) is 15.1. The van der Waals surface area contributed by atoms with Gasteiger partial charge >= 0.3 is 11.9 Å². The van der Waals surface area contributed by atoms with Gasteiger partial charge < -0.3 is 9.47 Å². The summed E-state index contributed by atoms with van der Waals surface area (Å²) in [6, 6.07) is 0. The van der Waals surface area contributed by atoms with Crippen molar-refractivity contribution in [3.05, 3.63) is 47.1 Å². The van der Waals surface area contributed by atoms with Crippen LogP contribution in [0.15, 0.2) is 47.1 Å². The highest BCUT2D eigenvalue weighted by Crippen LogP contribution is 2.36. The molecule has 0 N–H and O–H groups in total. The second-order valence-electron chi connectivity index (χ2n) is 6.57. The van der Waals surface area contributed by atoms with E-state index in [0.29, 0.717) is 17.6 Å². The van der Waals surface area contributed by atoms with Gasteiger partial charge in [-0.1, -0.05) is 24.3 Å². The first-order chi connectivity index (χ1) is 11.7. The number of ether oxygens (including phenoxy) is 2. The Bertz CT molecular complexity index is 708. The van der Waals surface area contributed by atoms with E-state index in [0.717, 1.165) is 5.57 Å². The topological polar surface area (TPSA) is 69.7 Å². The van der Waals surface area contributed by atoms with Crippen LogP contribution in [0.5, 0.6) is 0 Å². The number of ketones is 1. The summed E-state index contributed by atoms with van der Waals surface area (Å²) >= 11 is 0.